The lowest BCUT2D eigenvalue weighted by Crippen LogP contribution is -2.34. The second kappa shape index (κ2) is 4.69. The van der Waals surface area contributed by atoms with Crippen LogP contribution in [0.5, 0.6) is 0 Å². The lowest BCUT2D eigenvalue weighted by Gasteiger charge is -2.22. The van der Waals surface area contributed by atoms with E-state index in [1.165, 1.54) is 0 Å². The Bertz CT molecular complexity index is 362. The number of hydrogen-bond acceptors (Lipinski definition) is 5. The van der Waals surface area contributed by atoms with E-state index >= 15 is 0 Å². The molecule has 0 radical (unpaired) electrons. The van der Waals surface area contributed by atoms with Gasteiger partial charge in [-0.1, -0.05) is 12.8 Å². The fourth-order valence-electron chi connectivity index (χ4n) is 1.86. The molecule has 1 aliphatic rings. The second-order valence-electron chi connectivity index (χ2n) is 3.98. The molecule has 1 aromatic heterocycles. The number of nitrogens with one attached hydrogen (secondary N) is 1. The highest BCUT2D eigenvalue weighted by Gasteiger charge is 2.30. The molecule has 7 heteroatoms. The molecule has 0 aromatic carbocycles. The highest BCUT2D eigenvalue weighted by atomic mass is 35.5. The van der Waals surface area contributed by atoms with Crippen molar-refractivity contribution in [3.8, 4) is 0 Å². The summed E-state index contributed by atoms with van der Waals surface area (Å²) < 4.78 is 0. The first kappa shape index (κ1) is 11.8. The van der Waals surface area contributed by atoms with Gasteiger partial charge in [-0.3, -0.25) is 0 Å². The van der Waals surface area contributed by atoms with E-state index in [-0.39, 0.29) is 10.6 Å². The van der Waals surface area contributed by atoms with E-state index in [4.69, 9.17) is 23.2 Å². The first-order valence-corrected chi connectivity index (χ1v) is 5.86. The van der Waals surface area contributed by atoms with E-state index in [9.17, 15) is 5.11 Å². The zero-order valence-corrected chi connectivity index (χ0v) is 10.1. The molecule has 1 aromatic rings. The minimum absolute atomic E-state index is 0.0425. The maximum atomic E-state index is 10.1. The summed E-state index contributed by atoms with van der Waals surface area (Å²) in [6, 6.07) is 0. The first-order chi connectivity index (χ1) is 7.57. The molecule has 5 nitrogen and oxygen atoms in total. The van der Waals surface area contributed by atoms with E-state index in [0.717, 1.165) is 25.7 Å². The molecule has 1 saturated carbocycles. The molecule has 88 valence electrons. The smallest absolute Gasteiger partial charge is 0.228 e. The molecule has 2 N–H and O–H groups in total. The van der Waals surface area contributed by atoms with E-state index in [2.05, 4.69) is 20.3 Å². The van der Waals surface area contributed by atoms with Gasteiger partial charge >= 0.3 is 0 Å². The maximum Gasteiger partial charge on any atom is 0.228 e. The Hall–Kier alpha value is -0.650. The van der Waals surface area contributed by atoms with Crippen LogP contribution in [0, 0.1) is 0 Å². The number of rotatable bonds is 3. The third-order valence-corrected chi connectivity index (χ3v) is 3.03. The van der Waals surface area contributed by atoms with Crippen molar-refractivity contribution in [1.29, 1.82) is 0 Å². The summed E-state index contributed by atoms with van der Waals surface area (Å²) in [5, 5.41) is 13.1. The average Bonchev–Trinajstić information content (AvgIpc) is 2.62. The van der Waals surface area contributed by atoms with Crippen LogP contribution in [0.2, 0.25) is 10.6 Å². The van der Waals surface area contributed by atoms with Crippen LogP contribution in [0.25, 0.3) is 0 Å². The Morgan fingerprint density at radius 1 is 1.12 bits per heavy atom. The van der Waals surface area contributed by atoms with E-state index in [0.29, 0.717) is 12.5 Å². The van der Waals surface area contributed by atoms with Gasteiger partial charge in [-0.2, -0.15) is 15.0 Å². The van der Waals surface area contributed by atoms with Crippen LogP contribution in [0.1, 0.15) is 25.7 Å². The number of nitrogens with zero attached hydrogens (tertiary/aromatic N) is 3. The molecule has 16 heavy (non-hydrogen) atoms. The van der Waals surface area contributed by atoms with Gasteiger partial charge in [0.2, 0.25) is 16.5 Å². The summed E-state index contributed by atoms with van der Waals surface area (Å²) in [6.07, 6.45) is 3.70. The van der Waals surface area contributed by atoms with Crippen molar-refractivity contribution in [3.63, 3.8) is 0 Å². The lowest BCUT2D eigenvalue weighted by molar-refractivity contribution is 0.0613. The summed E-state index contributed by atoms with van der Waals surface area (Å²) in [4.78, 5) is 11.4. The monoisotopic (exact) mass is 262 g/mol. The van der Waals surface area contributed by atoms with Crippen LogP contribution in [0.15, 0.2) is 0 Å². The van der Waals surface area contributed by atoms with Crippen molar-refractivity contribution in [2.24, 2.45) is 0 Å². The third kappa shape index (κ3) is 2.93. The Labute approximate surface area is 103 Å². The third-order valence-electron chi connectivity index (χ3n) is 2.69. The summed E-state index contributed by atoms with van der Waals surface area (Å²) in [5.41, 5.74) is -0.661. The highest BCUT2D eigenvalue weighted by Crippen LogP contribution is 2.29. The topological polar surface area (TPSA) is 70.9 Å². The highest BCUT2D eigenvalue weighted by molar-refractivity contribution is 6.31. The molecule has 0 aliphatic heterocycles. The van der Waals surface area contributed by atoms with Crippen LogP contribution in [0.3, 0.4) is 0 Å². The van der Waals surface area contributed by atoms with Crippen LogP contribution in [-0.4, -0.2) is 32.2 Å². The van der Waals surface area contributed by atoms with Crippen LogP contribution < -0.4 is 5.32 Å². The second-order valence-corrected chi connectivity index (χ2v) is 4.66. The largest absolute Gasteiger partial charge is 0.388 e. The Balaban J connectivity index is 1.98. The van der Waals surface area contributed by atoms with E-state index in [1.54, 1.807) is 0 Å². The minimum Gasteiger partial charge on any atom is -0.388 e. The van der Waals surface area contributed by atoms with Crippen molar-refractivity contribution in [2.45, 2.75) is 31.3 Å². The molecule has 0 spiro atoms. The molecule has 1 heterocycles. The van der Waals surface area contributed by atoms with Crippen LogP contribution in [-0.2, 0) is 0 Å². The van der Waals surface area contributed by atoms with E-state index < -0.39 is 5.60 Å². The normalized spacial score (nSPS) is 18.7. The maximum absolute atomic E-state index is 10.1. The van der Waals surface area contributed by atoms with E-state index in [1.807, 2.05) is 0 Å². The molecule has 1 aliphatic carbocycles. The average molecular weight is 263 g/mol. The van der Waals surface area contributed by atoms with Gasteiger partial charge in [0.15, 0.2) is 0 Å². The molecule has 0 unspecified atom stereocenters. The number of aliphatic hydroxyl groups is 1. The van der Waals surface area contributed by atoms with Gasteiger partial charge < -0.3 is 10.4 Å². The zero-order valence-electron chi connectivity index (χ0n) is 8.58. The number of aromatic nitrogens is 3. The van der Waals surface area contributed by atoms with Crippen LogP contribution >= 0.6 is 23.2 Å². The molecule has 0 bridgehead atoms. The number of halogens is 2. The Morgan fingerprint density at radius 3 is 2.25 bits per heavy atom. The molecule has 0 atom stereocenters. The fraction of sp³-hybridized carbons (Fsp3) is 0.667. The summed E-state index contributed by atoms with van der Waals surface area (Å²) in [5.74, 6) is 0.297. The van der Waals surface area contributed by atoms with Gasteiger partial charge in [0, 0.05) is 6.54 Å². The van der Waals surface area contributed by atoms with Crippen molar-refractivity contribution in [2.75, 3.05) is 11.9 Å². The summed E-state index contributed by atoms with van der Waals surface area (Å²) in [7, 11) is 0. The number of anilines is 1. The predicted molar refractivity (Wildman–Crippen MR) is 61.8 cm³/mol. The Morgan fingerprint density at radius 2 is 1.69 bits per heavy atom. The quantitative estimate of drug-likeness (QED) is 0.871. The van der Waals surface area contributed by atoms with Gasteiger partial charge in [-0.05, 0) is 36.0 Å². The fourth-order valence-corrected chi connectivity index (χ4v) is 2.22. The first-order valence-electron chi connectivity index (χ1n) is 5.11. The number of hydrogen-bond donors (Lipinski definition) is 2. The lowest BCUT2D eigenvalue weighted by atomic mass is 10.0. The summed E-state index contributed by atoms with van der Waals surface area (Å²) >= 11 is 11.3. The van der Waals surface area contributed by atoms with Crippen molar-refractivity contribution >= 4 is 29.2 Å². The molecule has 1 fully saturated rings. The zero-order chi connectivity index (χ0) is 11.6. The van der Waals surface area contributed by atoms with Crippen molar-refractivity contribution in [3.05, 3.63) is 10.6 Å². The standard InChI is InChI=1S/C9H12Cl2N4O/c10-6-13-7(11)15-8(14-6)12-5-9(16)3-1-2-4-9/h16H,1-5H2,(H,12,13,14,15). The molecular formula is C9H12Cl2N4O. The van der Waals surface area contributed by atoms with Gasteiger partial charge in [-0.15, -0.1) is 0 Å². The molecule has 0 amide bonds. The van der Waals surface area contributed by atoms with Gasteiger partial charge in [0.05, 0.1) is 5.60 Å². The SMILES string of the molecule is OC1(CNc2nc(Cl)nc(Cl)n2)CCCC1. The van der Waals surface area contributed by atoms with Crippen LogP contribution in [0.4, 0.5) is 5.95 Å². The summed E-state index contributed by atoms with van der Waals surface area (Å²) in [6.45, 7) is 0.406. The Kier molecular flexibility index (Phi) is 3.47. The molecule has 2 rings (SSSR count). The predicted octanol–water partition coefficient (Wildman–Crippen LogP) is 1.90. The minimum atomic E-state index is -0.661. The molecular weight excluding hydrogens is 251 g/mol. The van der Waals surface area contributed by atoms with Gasteiger partial charge in [-0.25, -0.2) is 0 Å². The van der Waals surface area contributed by atoms with Crippen molar-refractivity contribution < 1.29 is 5.11 Å². The van der Waals surface area contributed by atoms with Crippen molar-refractivity contribution in [1.82, 2.24) is 15.0 Å². The van der Waals surface area contributed by atoms with Gasteiger partial charge in [0.1, 0.15) is 0 Å². The van der Waals surface area contributed by atoms with Gasteiger partial charge in [0.25, 0.3) is 0 Å². The molecule has 0 saturated heterocycles.